The van der Waals surface area contributed by atoms with Crippen molar-refractivity contribution in [3.05, 3.63) is 69.9 Å². The second-order valence-corrected chi connectivity index (χ2v) is 8.67. The normalized spacial score (nSPS) is 13.8. The molecule has 0 saturated heterocycles. The zero-order chi connectivity index (χ0) is 23.2. The van der Waals surface area contributed by atoms with Crippen LogP contribution in [0, 0.1) is 0 Å². The lowest BCUT2D eigenvalue weighted by Gasteiger charge is -2.18. The Labute approximate surface area is 190 Å². The molecule has 0 spiro atoms. The van der Waals surface area contributed by atoms with Crippen molar-refractivity contribution in [2.75, 3.05) is 11.9 Å². The molecule has 4 aromatic rings. The van der Waals surface area contributed by atoms with E-state index in [-0.39, 0.29) is 11.3 Å². The van der Waals surface area contributed by atoms with Crippen molar-refractivity contribution in [3.63, 3.8) is 0 Å². The SMILES string of the molecule is CCn1c(=O)c2cnc(Nc3ccc4c(c3)CNCC4)nc2n1-c1ccnc(C(C)(C)F)c1. The first kappa shape index (κ1) is 21.3. The number of anilines is 2. The Morgan fingerprint density at radius 1 is 1.18 bits per heavy atom. The third-order valence-corrected chi connectivity index (χ3v) is 5.92. The van der Waals surface area contributed by atoms with Crippen molar-refractivity contribution in [1.82, 2.24) is 29.6 Å². The fourth-order valence-electron chi connectivity index (χ4n) is 4.20. The van der Waals surface area contributed by atoms with E-state index in [1.165, 1.54) is 31.2 Å². The second-order valence-electron chi connectivity index (χ2n) is 8.67. The van der Waals surface area contributed by atoms with Gasteiger partial charge in [-0.2, -0.15) is 4.98 Å². The molecule has 1 aliphatic rings. The lowest BCUT2D eigenvalue weighted by Crippen LogP contribution is -2.23. The fraction of sp³-hybridized carbons (Fsp3) is 0.333. The van der Waals surface area contributed by atoms with E-state index in [0.717, 1.165) is 25.2 Å². The molecule has 170 valence electrons. The topological polar surface area (TPSA) is 89.7 Å². The summed E-state index contributed by atoms with van der Waals surface area (Å²) in [4.78, 5) is 26.2. The van der Waals surface area contributed by atoms with E-state index in [2.05, 4.69) is 37.7 Å². The summed E-state index contributed by atoms with van der Waals surface area (Å²) < 4.78 is 17.8. The smallest absolute Gasteiger partial charge is 0.278 e. The van der Waals surface area contributed by atoms with Crippen molar-refractivity contribution in [3.8, 4) is 5.69 Å². The minimum atomic E-state index is -1.61. The monoisotopic (exact) mass is 447 g/mol. The first-order valence-corrected chi connectivity index (χ1v) is 11.1. The van der Waals surface area contributed by atoms with Crippen LogP contribution in [-0.4, -0.2) is 30.9 Å². The average molecular weight is 448 g/mol. The Balaban J connectivity index is 1.60. The highest BCUT2D eigenvalue weighted by Crippen LogP contribution is 2.26. The molecule has 1 aromatic carbocycles. The van der Waals surface area contributed by atoms with Crippen molar-refractivity contribution < 1.29 is 4.39 Å². The number of nitrogens with zero attached hydrogens (tertiary/aromatic N) is 5. The summed E-state index contributed by atoms with van der Waals surface area (Å²) >= 11 is 0. The predicted octanol–water partition coefficient (Wildman–Crippen LogP) is 3.59. The van der Waals surface area contributed by atoms with Crippen LogP contribution in [0.3, 0.4) is 0 Å². The number of pyridine rings is 1. The fourth-order valence-corrected chi connectivity index (χ4v) is 4.20. The molecule has 0 atom stereocenters. The summed E-state index contributed by atoms with van der Waals surface area (Å²) in [5.74, 6) is 0.383. The molecular formula is C24H26FN7O. The van der Waals surface area contributed by atoms with Gasteiger partial charge in [0.2, 0.25) is 5.95 Å². The number of benzene rings is 1. The van der Waals surface area contributed by atoms with Gasteiger partial charge in [0.05, 0.1) is 11.4 Å². The van der Waals surface area contributed by atoms with Crippen molar-refractivity contribution in [2.24, 2.45) is 0 Å². The molecule has 0 unspecified atom stereocenters. The molecule has 2 N–H and O–H groups in total. The Hall–Kier alpha value is -3.59. The minimum Gasteiger partial charge on any atom is -0.324 e. The molecule has 3 aromatic heterocycles. The zero-order valence-corrected chi connectivity index (χ0v) is 18.9. The van der Waals surface area contributed by atoms with Gasteiger partial charge in [-0.05, 0) is 69.1 Å². The molecule has 33 heavy (non-hydrogen) atoms. The van der Waals surface area contributed by atoms with Gasteiger partial charge in [0.1, 0.15) is 11.1 Å². The van der Waals surface area contributed by atoms with Crippen LogP contribution in [0.1, 0.15) is 37.6 Å². The number of alkyl halides is 1. The van der Waals surface area contributed by atoms with Crippen LogP contribution >= 0.6 is 0 Å². The van der Waals surface area contributed by atoms with Crippen LogP contribution < -0.4 is 16.2 Å². The molecule has 9 heteroatoms. The van der Waals surface area contributed by atoms with Crippen LogP contribution in [0.5, 0.6) is 0 Å². The summed E-state index contributed by atoms with van der Waals surface area (Å²) in [5.41, 5.74) is 3.01. The maximum absolute atomic E-state index is 14.6. The second kappa shape index (κ2) is 8.08. The van der Waals surface area contributed by atoms with Gasteiger partial charge in [0, 0.05) is 31.2 Å². The zero-order valence-electron chi connectivity index (χ0n) is 18.9. The van der Waals surface area contributed by atoms with E-state index >= 15 is 0 Å². The van der Waals surface area contributed by atoms with Gasteiger partial charge in [0.25, 0.3) is 5.56 Å². The van der Waals surface area contributed by atoms with Crippen LogP contribution in [0.4, 0.5) is 16.0 Å². The molecule has 0 saturated carbocycles. The molecule has 4 heterocycles. The molecule has 8 nitrogen and oxygen atoms in total. The average Bonchev–Trinajstić information content (AvgIpc) is 3.09. The van der Waals surface area contributed by atoms with Gasteiger partial charge in [-0.15, -0.1) is 0 Å². The molecule has 0 bridgehead atoms. The molecule has 5 rings (SSSR count). The van der Waals surface area contributed by atoms with Gasteiger partial charge in [-0.25, -0.2) is 18.7 Å². The standard InChI is InChI=1S/C24H26FN7O/c1-4-31-22(33)19-14-28-23(29-17-6-5-15-7-9-26-13-16(15)11-17)30-21(19)32(31)18-8-10-27-20(12-18)24(2,3)25/h5-6,8,10-12,14,26H,4,7,9,13H2,1-3H3,(H,28,29,30). The Morgan fingerprint density at radius 3 is 2.82 bits per heavy atom. The molecule has 0 fully saturated rings. The largest absolute Gasteiger partial charge is 0.324 e. The van der Waals surface area contributed by atoms with Crippen molar-refractivity contribution >= 4 is 22.7 Å². The van der Waals surface area contributed by atoms with Crippen LogP contribution in [0.15, 0.2) is 47.5 Å². The number of hydrogen-bond donors (Lipinski definition) is 2. The van der Waals surface area contributed by atoms with E-state index < -0.39 is 5.67 Å². The maximum Gasteiger partial charge on any atom is 0.278 e. The molecule has 0 amide bonds. The van der Waals surface area contributed by atoms with E-state index in [1.807, 2.05) is 13.0 Å². The minimum absolute atomic E-state index is 0.197. The highest BCUT2D eigenvalue weighted by molar-refractivity contribution is 5.77. The summed E-state index contributed by atoms with van der Waals surface area (Å²) in [6, 6.07) is 9.62. The number of fused-ring (bicyclic) bond motifs is 2. The first-order valence-electron chi connectivity index (χ1n) is 11.1. The highest BCUT2D eigenvalue weighted by Gasteiger charge is 2.23. The summed E-state index contributed by atoms with van der Waals surface area (Å²) in [5, 5.41) is 7.04. The molecular weight excluding hydrogens is 421 g/mol. The lowest BCUT2D eigenvalue weighted by atomic mass is 10.0. The predicted molar refractivity (Wildman–Crippen MR) is 126 cm³/mol. The number of hydrogen-bond acceptors (Lipinski definition) is 6. The summed E-state index contributed by atoms with van der Waals surface area (Å²) in [6.07, 6.45) is 4.10. The Bertz CT molecular complexity index is 1400. The van der Waals surface area contributed by atoms with E-state index in [9.17, 15) is 9.18 Å². The summed E-state index contributed by atoms with van der Waals surface area (Å²) in [7, 11) is 0. The Kier molecular flexibility index (Phi) is 5.20. The van der Waals surface area contributed by atoms with Gasteiger partial charge in [-0.3, -0.25) is 9.78 Å². The van der Waals surface area contributed by atoms with Gasteiger partial charge in [0.15, 0.2) is 5.65 Å². The molecule has 0 radical (unpaired) electrons. The van der Waals surface area contributed by atoms with Crippen LogP contribution in [0.2, 0.25) is 0 Å². The number of halogens is 1. The van der Waals surface area contributed by atoms with E-state index in [0.29, 0.717) is 29.2 Å². The van der Waals surface area contributed by atoms with Gasteiger partial charge >= 0.3 is 0 Å². The van der Waals surface area contributed by atoms with Gasteiger partial charge in [-0.1, -0.05) is 6.07 Å². The third kappa shape index (κ3) is 3.89. The van der Waals surface area contributed by atoms with E-state index in [4.69, 9.17) is 0 Å². The van der Waals surface area contributed by atoms with Crippen LogP contribution in [-0.2, 0) is 25.2 Å². The quantitative estimate of drug-likeness (QED) is 0.486. The lowest BCUT2D eigenvalue weighted by molar-refractivity contribution is 0.214. The summed E-state index contributed by atoms with van der Waals surface area (Å²) in [6.45, 7) is 7.04. The maximum atomic E-state index is 14.6. The Morgan fingerprint density at radius 2 is 2.03 bits per heavy atom. The molecule has 0 aliphatic carbocycles. The van der Waals surface area contributed by atoms with Crippen molar-refractivity contribution in [2.45, 2.75) is 46.0 Å². The van der Waals surface area contributed by atoms with Crippen molar-refractivity contribution in [1.29, 1.82) is 0 Å². The number of aromatic nitrogens is 5. The van der Waals surface area contributed by atoms with E-state index in [1.54, 1.807) is 27.7 Å². The third-order valence-electron chi connectivity index (χ3n) is 5.92. The van der Waals surface area contributed by atoms with Crippen LogP contribution in [0.25, 0.3) is 16.7 Å². The molecule has 1 aliphatic heterocycles. The highest BCUT2D eigenvalue weighted by atomic mass is 19.1. The number of rotatable bonds is 5. The van der Waals surface area contributed by atoms with Gasteiger partial charge < -0.3 is 10.6 Å². The first-order chi connectivity index (χ1) is 15.8. The number of nitrogens with one attached hydrogen (secondary N) is 2.